The normalized spacial score (nSPS) is 14.4. The molecule has 0 bridgehead atoms. The van der Waals surface area contributed by atoms with Gasteiger partial charge in [0.25, 0.3) is 0 Å². The minimum absolute atomic E-state index is 0.434. The fourth-order valence-corrected chi connectivity index (χ4v) is 4.89. The zero-order valence-corrected chi connectivity index (χ0v) is 20.5. The molecule has 5 rings (SSSR count). The van der Waals surface area contributed by atoms with E-state index in [-0.39, 0.29) is 0 Å². The van der Waals surface area contributed by atoms with Gasteiger partial charge < -0.3 is 15.0 Å². The van der Waals surface area contributed by atoms with E-state index in [1.807, 2.05) is 23.6 Å². The summed E-state index contributed by atoms with van der Waals surface area (Å²) in [6.07, 6.45) is 2.60. The van der Waals surface area contributed by atoms with Crippen LogP contribution in [0.4, 0.5) is 10.8 Å². The summed E-state index contributed by atoms with van der Waals surface area (Å²) in [6.45, 7) is 8.25. The molecule has 1 saturated heterocycles. The zero-order valence-electron chi connectivity index (χ0n) is 18.9. The summed E-state index contributed by atoms with van der Waals surface area (Å²) < 4.78 is 5.95. The molecule has 1 fully saturated rings. The summed E-state index contributed by atoms with van der Waals surface area (Å²) in [5, 5.41) is 6.77. The van der Waals surface area contributed by atoms with E-state index in [1.165, 1.54) is 42.8 Å². The van der Waals surface area contributed by atoms with Crippen LogP contribution in [-0.4, -0.2) is 39.5 Å². The monoisotopic (exact) mass is 481 g/mol. The van der Waals surface area contributed by atoms with Gasteiger partial charge in [-0.15, -0.1) is 11.3 Å². The highest BCUT2D eigenvalue weighted by atomic mass is 35.5. The molecule has 4 aromatic rings. The standard InChI is InChI=1S/C25H28ClN5OS/c1-16(2)14-32-23-8-6-18(26)12-21(23)29-25-30-22(15-33-25)24-27-19-7-5-17(11-20(19)28-24)13-31-9-3-4-10-31/h5-8,11-12,15-16H,3-4,9-10,13-14H2,1-2H3,(H,27,28)(H,29,30). The summed E-state index contributed by atoms with van der Waals surface area (Å²) in [4.78, 5) is 15.5. The van der Waals surface area contributed by atoms with Gasteiger partial charge in [-0.1, -0.05) is 31.5 Å². The predicted molar refractivity (Wildman–Crippen MR) is 137 cm³/mol. The first-order chi connectivity index (χ1) is 16.0. The van der Waals surface area contributed by atoms with Crippen molar-refractivity contribution in [1.29, 1.82) is 0 Å². The number of rotatable bonds is 8. The van der Waals surface area contributed by atoms with Gasteiger partial charge in [0.1, 0.15) is 11.4 Å². The molecule has 3 heterocycles. The van der Waals surface area contributed by atoms with Crippen molar-refractivity contribution < 1.29 is 4.74 Å². The highest BCUT2D eigenvalue weighted by Gasteiger charge is 2.15. The second kappa shape index (κ2) is 9.71. The first kappa shape index (κ1) is 22.2. The van der Waals surface area contributed by atoms with E-state index in [1.54, 1.807) is 0 Å². The molecule has 2 N–H and O–H groups in total. The zero-order chi connectivity index (χ0) is 22.8. The Kier molecular flexibility index (Phi) is 6.53. The van der Waals surface area contributed by atoms with Gasteiger partial charge in [-0.2, -0.15) is 0 Å². The molecule has 1 aliphatic heterocycles. The molecular formula is C25H28ClN5OS. The number of fused-ring (bicyclic) bond motifs is 1. The highest BCUT2D eigenvalue weighted by molar-refractivity contribution is 7.14. The third kappa shape index (κ3) is 5.32. The highest BCUT2D eigenvalue weighted by Crippen LogP contribution is 2.33. The molecule has 6 nitrogen and oxygen atoms in total. The number of ether oxygens (including phenoxy) is 1. The molecular weight excluding hydrogens is 454 g/mol. The van der Waals surface area contributed by atoms with Gasteiger partial charge in [0.2, 0.25) is 0 Å². The molecule has 8 heteroatoms. The van der Waals surface area contributed by atoms with Gasteiger partial charge in [-0.05, 0) is 67.7 Å². The average molecular weight is 482 g/mol. The van der Waals surface area contributed by atoms with Crippen LogP contribution in [0, 0.1) is 5.92 Å². The third-order valence-electron chi connectivity index (χ3n) is 5.65. The molecule has 0 unspecified atom stereocenters. The number of thiazole rings is 1. The maximum Gasteiger partial charge on any atom is 0.187 e. The van der Waals surface area contributed by atoms with Crippen molar-refractivity contribution >= 4 is 44.8 Å². The van der Waals surface area contributed by atoms with E-state index in [4.69, 9.17) is 26.3 Å². The Morgan fingerprint density at radius 2 is 2.00 bits per heavy atom. The number of H-pyrrole nitrogens is 1. The van der Waals surface area contributed by atoms with Crippen molar-refractivity contribution in [2.75, 3.05) is 25.0 Å². The number of hydrogen-bond donors (Lipinski definition) is 2. The first-order valence-electron chi connectivity index (χ1n) is 11.4. The number of imidazole rings is 1. The van der Waals surface area contributed by atoms with Gasteiger partial charge >= 0.3 is 0 Å². The smallest absolute Gasteiger partial charge is 0.187 e. The second-order valence-corrected chi connectivity index (χ2v) is 10.2. The number of nitrogens with zero attached hydrogens (tertiary/aromatic N) is 3. The SMILES string of the molecule is CC(C)COc1ccc(Cl)cc1Nc1nc(-c2nc3cc(CN4CCCC4)ccc3[nH]2)cs1. The Morgan fingerprint density at radius 3 is 2.82 bits per heavy atom. The fourth-order valence-electron chi connectivity index (χ4n) is 4.01. The van der Waals surface area contributed by atoms with Crippen LogP contribution in [0.2, 0.25) is 5.02 Å². The lowest BCUT2D eigenvalue weighted by atomic mass is 10.2. The molecule has 2 aromatic carbocycles. The lowest BCUT2D eigenvalue weighted by Crippen LogP contribution is -2.18. The van der Waals surface area contributed by atoms with Gasteiger partial charge in [-0.3, -0.25) is 4.90 Å². The number of aromatic nitrogens is 3. The fraction of sp³-hybridized carbons (Fsp3) is 0.360. The molecule has 0 spiro atoms. The second-order valence-electron chi connectivity index (χ2n) is 8.93. The predicted octanol–water partition coefficient (Wildman–Crippen LogP) is 6.71. The average Bonchev–Trinajstić information content (AvgIpc) is 3.53. The topological polar surface area (TPSA) is 66.1 Å². The van der Waals surface area contributed by atoms with Gasteiger partial charge in [0.15, 0.2) is 11.0 Å². The summed E-state index contributed by atoms with van der Waals surface area (Å²) in [5.74, 6) is 1.97. The van der Waals surface area contributed by atoms with Crippen molar-refractivity contribution in [2.24, 2.45) is 5.92 Å². The Bertz CT molecular complexity index is 1240. The van der Waals surface area contributed by atoms with Crippen LogP contribution in [-0.2, 0) is 6.54 Å². The molecule has 2 aromatic heterocycles. The van der Waals surface area contributed by atoms with Crippen molar-refractivity contribution in [3.05, 3.63) is 52.4 Å². The minimum Gasteiger partial charge on any atom is -0.491 e. The summed E-state index contributed by atoms with van der Waals surface area (Å²) >= 11 is 7.75. The van der Waals surface area contributed by atoms with E-state index in [0.29, 0.717) is 17.5 Å². The molecule has 0 saturated carbocycles. The van der Waals surface area contributed by atoms with Crippen LogP contribution < -0.4 is 10.1 Å². The van der Waals surface area contributed by atoms with E-state index < -0.39 is 0 Å². The quantitative estimate of drug-likeness (QED) is 0.292. The van der Waals surface area contributed by atoms with Crippen LogP contribution in [0.25, 0.3) is 22.6 Å². The molecule has 0 atom stereocenters. The van der Waals surface area contributed by atoms with Gasteiger partial charge in [0.05, 0.1) is 23.3 Å². The van der Waals surface area contributed by atoms with Crippen LogP contribution in [0.1, 0.15) is 32.3 Å². The number of aromatic amines is 1. The molecule has 0 amide bonds. The number of anilines is 2. The van der Waals surface area contributed by atoms with E-state index in [2.05, 4.69) is 47.2 Å². The maximum atomic E-state index is 6.23. The van der Waals surface area contributed by atoms with Crippen molar-refractivity contribution in [2.45, 2.75) is 33.2 Å². The Morgan fingerprint density at radius 1 is 1.15 bits per heavy atom. The number of likely N-dealkylation sites (tertiary alicyclic amines) is 1. The summed E-state index contributed by atoms with van der Waals surface area (Å²) in [5.41, 5.74) is 4.92. The molecule has 33 heavy (non-hydrogen) atoms. The van der Waals surface area contributed by atoms with Crippen molar-refractivity contribution in [3.63, 3.8) is 0 Å². The van der Waals surface area contributed by atoms with Gasteiger partial charge in [-0.25, -0.2) is 9.97 Å². The Labute approximate surface area is 203 Å². The van der Waals surface area contributed by atoms with Gasteiger partial charge in [0, 0.05) is 16.9 Å². The van der Waals surface area contributed by atoms with Crippen LogP contribution >= 0.6 is 22.9 Å². The van der Waals surface area contributed by atoms with Crippen LogP contribution in [0.5, 0.6) is 5.75 Å². The van der Waals surface area contributed by atoms with E-state index in [0.717, 1.165) is 45.7 Å². The molecule has 172 valence electrons. The largest absolute Gasteiger partial charge is 0.491 e. The molecule has 0 radical (unpaired) electrons. The lowest BCUT2D eigenvalue weighted by molar-refractivity contribution is 0.272. The number of hydrogen-bond acceptors (Lipinski definition) is 6. The van der Waals surface area contributed by atoms with E-state index in [9.17, 15) is 0 Å². The maximum absolute atomic E-state index is 6.23. The Balaban J connectivity index is 1.34. The molecule has 1 aliphatic rings. The third-order valence-corrected chi connectivity index (χ3v) is 6.65. The first-order valence-corrected chi connectivity index (χ1v) is 12.7. The van der Waals surface area contributed by atoms with Crippen molar-refractivity contribution in [3.8, 4) is 17.3 Å². The number of nitrogens with one attached hydrogen (secondary N) is 2. The number of halogens is 1. The molecule has 0 aliphatic carbocycles. The van der Waals surface area contributed by atoms with Crippen LogP contribution in [0.3, 0.4) is 0 Å². The minimum atomic E-state index is 0.434. The summed E-state index contributed by atoms with van der Waals surface area (Å²) in [6, 6.07) is 12.1. The van der Waals surface area contributed by atoms with Crippen LogP contribution in [0.15, 0.2) is 41.8 Å². The van der Waals surface area contributed by atoms with E-state index >= 15 is 0 Å². The van der Waals surface area contributed by atoms with Crippen molar-refractivity contribution in [1.82, 2.24) is 19.9 Å². The number of benzene rings is 2. The summed E-state index contributed by atoms with van der Waals surface area (Å²) in [7, 11) is 0. The lowest BCUT2D eigenvalue weighted by Gasteiger charge is -2.14. The Hall–Kier alpha value is -2.61.